The first-order valence-corrected chi connectivity index (χ1v) is 7.76. The van der Waals surface area contributed by atoms with Gasteiger partial charge in [0.15, 0.2) is 0 Å². The number of methoxy groups -OCH3 is 1. The molecule has 1 heterocycles. The predicted molar refractivity (Wildman–Crippen MR) is 80.4 cm³/mol. The van der Waals surface area contributed by atoms with Crippen molar-refractivity contribution in [2.75, 3.05) is 33.4 Å². The highest BCUT2D eigenvalue weighted by Gasteiger charge is 2.36. The fraction of sp³-hybridized carbons (Fsp3) is 1.00. The highest BCUT2D eigenvalue weighted by atomic mass is 16.5. The first-order valence-electron chi connectivity index (χ1n) is 7.76. The molecule has 0 saturated carbocycles. The lowest BCUT2D eigenvalue weighted by Gasteiger charge is -2.40. The minimum absolute atomic E-state index is 0.113. The Labute approximate surface area is 119 Å². The fourth-order valence-corrected chi connectivity index (χ4v) is 3.45. The number of hydrogen-bond donors (Lipinski definition) is 1. The summed E-state index contributed by atoms with van der Waals surface area (Å²) in [6, 6.07) is 0. The highest BCUT2D eigenvalue weighted by Crippen LogP contribution is 2.40. The smallest absolute Gasteiger partial charge is 0.0679 e. The third-order valence-electron chi connectivity index (χ3n) is 4.91. The summed E-state index contributed by atoms with van der Waals surface area (Å²) in [7, 11) is 1.80. The van der Waals surface area contributed by atoms with Crippen LogP contribution in [-0.2, 0) is 4.74 Å². The van der Waals surface area contributed by atoms with Crippen LogP contribution in [0.3, 0.4) is 0 Å². The van der Waals surface area contributed by atoms with Gasteiger partial charge in [0.1, 0.15) is 0 Å². The Balaban J connectivity index is 2.63. The molecule has 0 aromatic carbocycles. The molecule has 0 aliphatic carbocycles. The molecule has 1 rings (SSSR count). The van der Waals surface area contributed by atoms with Crippen molar-refractivity contribution in [3.05, 3.63) is 0 Å². The first kappa shape index (κ1) is 16.9. The van der Waals surface area contributed by atoms with E-state index in [0.717, 1.165) is 39.1 Å². The number of likely N-dealkylation sites (tertiary alicyclic amines) is 1. The van der Waals surface area contributed by atoms with Crippen LogP contribution in [0, 0.1) is 10.8 Å². The Morgan fingerprint density at radius 3 is 2.26 bits per heavy atom. The van der Waals surface area contributed by atoms with Crippen LogP contribution in [0.4, 0.5) is 0 Å². The van der Waals surface area contributed by atoms with E-state index in [0.29, 0.717) is 5.41 Å². The molecular weight excluding hydrogens is 238 g/mol. The third-order valence-corrected chi connectivity index (χ3v) is 4.91. The van der Waals surface area contributed by atoms with Crippen molar-refractivity contribution in [1.82, 2.24) is 4.90 Å². The number of ether oxygens (including phenoxy) is 1. The van der Waals surface area contributed by atoms with Gasteiger partial charge in [0.25, 0.3) is 0 Å². The van der Waals surface area contributed by atoms with Crippen LogP contribution in [0.25, 0.3) is 0 Å². The molecule has 1 saturated heterocycles. The van der Waals surface area contributed by atoms with Gasteiger partial charge in [-0.1, -0.05) is 27.7 Å². The summed E-state index contributed by atoms with van der Waals surface area (Å²) in [5.41, 5.74) is 0.575. The van der Waals surface area contributed by atoms with Gasteiger partial charge in [-0.25, -0.2) is 0 Å². The minimum atomic E-state index is -0.113. The standard InChI is InChI=1S/C16H33NO2/c1-6-15(3,11-16(4,7-2)13-19-5)12-17-9-8-14(18)10-17/h14,18H,6-13H2,1-5H3. The second-order valence-electron chi connectivity index (χ2n) is 7.12. The monoisotopic (exact) mass is 271 g/mol. The van der Waals surface area contributed by atoms with Gasteiger partial charge in [-0.15, -0.1) is 0 Å². The highest BCUT2D eigenvalue weighted by molar-refractivity contribution is 4.88. The second kappa shape index (κ2) is 7.05. The number of aliphatic hydroxyl groups excluding tert-OH is 1. The summed E-state index contributed by atoms with van der Waals surface area (Å²) in [6.45, 7) is 13.1. The van der Waals surface area contributed by atoms with E-state index in [9.17, 15) is 5.11 Å². The fourth-order valence-electron chi connectivity index (χ4n) is 3.45. The lowest BCUT2D eigenvalue weighted by Crippen LogP contribution is -2.39. The zero-order valence-electron chi connectivity index (χ0n) is 13.5. The molecule has 0 aromatic rings. The molecule has 1 aliphatic rings. The molecule has 3 heteroatoms. The summed E-state index contributed by atoms with van der Waals surface area (Å²) in [4.78, 5) is 2.43. The van der Waals surface area contributed by atoms with E-state index < -0.39 is 0 Å². The van der Waals surface area contributed by atoms with Gasteiger partial charge in [-0.05, 0) is 36.5 Å². The quantitative estimate of drug-likeness (QED) is 0.737. The molecule has 0 aromatic heterocycles. The van der Waals surface area contributed by atoms with E-state index in [1.165, 1.54) is 12.8 Å². The van der Waals surface area contributed by atoms with Gasteiger partial charge >= 0.3 is 0 Å². The average Bonchev–Trinajstić information content (AvgIpc) is 2.74. The molecule has 0 radical (unpaired) electrons. The number of rotatable bonds is 8. The largest absolute Gasteiger partial charge is 0.392 e. The summed E-state index contributed by atoms with van der Waals surface area (Å²) in [5, 5.41) is 9.67. The van der Waals surface area contributed by atoms with Crippen LogP contribution in [-0.4, -0.2) is 49.5 Å². The third kappa shape index (κ3) is 5.05. The van der Waals surface area contributed by atoms with Gasteiger partial charge in [0, 0.05) is 26.7 Å². The number of nitrogens with zero attached hydrogens (tertiary/aromatic N) is 1. The summed E-state index contributed by atoms with van der Waals surface area (Å²) in [6.07, 6.45) is 4.34. The van der Waals surface area contributed by atoms with E-state index in [1.807, 2.05) is 0 Å². The van der Waals surface area contributed by atoms with Crippen LogP contribution >= 0.6 is 0 Å². The zero-order valence-corrected chi connectivity index (χ0v) is 13.5. The molecule has 3 nitrogen and oxygen atoms in total. The number of hydrogen-bond acceptors (Lipinski definition) is 3. The van der Waals surface area contributed by atoms with Crippen molar-refractivity contribution < 1.29 is 9.84 Å². The molecule has 1 fully saturated rings. The van der Waals surface area contributed by atoms with E-state index in [1.54, 1.807) is 7.11 Å². The Morgan fingerprint density at radius 1 is 1.21 bits per heavy atom. The molecule has 3 unspecified atom stereocenters. The molecule has 19 heavy (non-hydrogen) atoms. The summed E-state index contributed by atoms with van der Waals surface area (Å²) >= 11 is 0. The van der Waals surface area contributed by atoms with Crippen molar-refractivity contribution in [3.8, 4) is 0 Å². The molecule has 0 amide bonds. The van der Waals surface area contributed by atoms with Crippen LogP contribution in [0.1, 0.15) is 53.4 Å². The molecule has 0 spiro atoms. The Bertz CT molecular complexity index is 271. The van der Waals surface area contributed by atoms with Crippen molar-refractivity contribution in [1.29, 1.82) is 0 Å². The minimum Gasteiger partial charge on any atom is -0.392 e. The predicted octanol–water partition coefficient (Wildman–Crippen LogP) is 2.92. The van der Waals surface area contributed by atoms with E-state index in [-0.39, 0.29) is 11.5 Å². The summed E-state index contributed by atoms with van der Waals surface area (Å²) in [5.74, 6) is 0. The van der Waals surface area contributed by atoms with Crippen LogP contribution in [0.2, 0.25) is 0 Å². The maximum Gasteiger partial charge on any atom is 0.0679 e. The van der Waals surface area contributed by atoms with Gasteiger partial charge in [-0.3, -0.25) is 0 Å². The normalized spacial score (nSPS) is 27.2. The van der Waals surface area contributed by atoms with Gasteiger partial charge in [0.05, 0.1) is 12.7 Å². The van der Waals surface area contributed by atoms with Crippen molar-refractivity contribution in [2.24, 2.45) is 10.8 Å². The molecule has 0 bridgehead atoms. The Morgan fingerprint density at radius 2 is 1.84 bits per heavy atom. The van der Waals surface area contributed by atoms with Crippen LogP contribution in [0.5, 0.6) is 0 Å². The zero-order chi connectivity index (χ0) is 14.5. The molecule has 3 atom stereocenters. The van der Waals surface area contributed by atoms with Crippen LogP contribution < -0.4 is 0 Å². The maximum absolute atomic E-state index is 9.67. The topological polar surface area (TPSA) is 32.7 Å². The first-order chi connectivity index (χ1) is 8.86. The van der Waals surface area contributed by atoms with Crippen LogP contribution in [0.15, 0.2) is 0 Å². The SMILES string of the molecule is CCC(C)(COC)CC(C)(CC)CN1CCC(O)C1. The van der Waals surface area contributed by atoms with E-state index in [2.05, 4.69) is 32.6 Å². The second-order valence-corrected chi connectivity index (χ2v) is 7.12. The van der Waals surface area contributed by atoms with Gasteiger partial charge < -0.3 is 14.7 Å². The van der Waals surface area contributed by atoms with Crippen molar-refractivity contribution in [3.63, 3.8) is 0 Å². The number of aliphatic hydroxyl groups is 1. The van der Waals surface area contributed by atoms with Crippen molar-refractivity contribution in [2.45, 2.75) is 59.5 Å². The Kier molecular flexibility index (Phi) is 6.28. The van der Waals surface area contributed by atoms with E-state index >= 15 is 0 Å². The average molecular weight is 271 g/mol. The molecular formula is C16H33NO2. The van der Waals surface area contributed by atoms with Crippen molar-refractivity contribution >= 4 is 0 Å². The lowest BCUT2D eigenvalue weighted by molar-refractivity contribution is 0.0318. The molecule has 1 aliphatic heterocycles. The number of β-amino-alcohol motifs (C(OH)–C–C–N with tert-alkyl or cyclic N) is 1. The Hall–Kier alpha value is -0.120. The molecule has 114 valence electrons. The van der Waals surface area contributed by atoms with E-state index in [4.69, 9.17) is 4.74 Å². The lowest BCUT2D eigenvalue weighted by atomic mass is 9.70. The maximum atomic E-state index is 9.67. The van der Waals surface area contributed by atoms with Gasteiger partial charge in [0.2, 0.25) is 0 Å². The molecule has 1 N–H and O–H groups in total. The van der Waals surface area contributed by atoms with Gasteiger partial charge in [-0.2, -0.15) is 0 Å². The summed E-state index contributed by atoms with van der Waals surface area (Å²) < 4.78 is 5.42.